The molecule has 1 heterocycles. The summed E-state index contributed by atoms with van der Waals surface area (Å²) in [4.78, 5) is 15.5. The van der Waals surface area contributed by atoms with Crippen molar-refractivity contribution in [3.05, 3.63) is 72.4 Å². The number of ether oxygens (including phenoxy) is 1. The number of rotatable bonds is 4. The monoisotopic (exact) mass is 359 g/mol. The number of hydrogen-bond donors (Lipinski definition) is 1. The third-order valence-electron chi connectivity index (χ3n) is 3.60. The number of aromatic carboxylic acids is 1. The lowest BCUT2D eigenvalue weighted by atomic mass is 9.99. The van der Waals surface area contributed by atoms with Crippen molar-refractivity contribution in [1.82, 2.24) is 4.98 Å². The fourth-order valence-corrected chi connectivity index (χ4v) is 2.56. The van der Waals surface area contributed by atoms with Crippen molar-refractivity contribution >= 4 is 5.97 Å². The van der Waals surface area contributed by atoms with E-state index in [1.165, 1.54) is 36.5 Å². The zero-order chi connectivity index (χ0) is 18.7. The number of carboxylic acids is 1. The molecule has 7 heteroatoms. The standard InChI is InChI=1S/C19H12F3NO3/c20-19(21,22)26-16-9-2-1-7-14(16)12-5-3-6-13(11-12)17-15(18(24)25)8-4-10-23-17/h1-11H,(H,24,25). The van der Waals surface area contributed by atoms with E-state index in [4.69, 9.17) is 0 Å². The molecule has 0 saturated heterocycles. The fraction of sp³-hybridized carbons (Fsp3) is 0.0526. The lowest BCUT2D eigenvalue weighted by Gasteiger charge is -2.14. The molecule has 26 heavy (non-hydrogen) atoms. The molecule has 0 unspecified atom stereocenters. The van der Waals surface area contributed by atoms with Gasteiger partial charge in [0.1, 0.15) is 5.75 Å². The minimum atomic E-state index is -4.81. The van der Waals surface area contributed by atoms with Crippen LogP contribution in [-0.4, -0.2) is 22.4 Å². The number of nitrogens with zero attached hydrogens (tertiary/aromatic N) is 1. The Morgan fingerprint density at radius 1 is 0.962 bits per heavy atom. The van der Waals surface area contributed by atoms with Crippen LogP contribution in [0.15, 0.2) is 66.9 Å². The van der Waals surface area contributed by atoms with Crippen LogP contribution in [0.5, 0.6) is 5.75 Å². The summed E-state index contributed by atoms with van der Waals surface area (Å²) in [6.45, 7) is 0. The highest BCUT2D eigenvalue weighted by Gasteiger charge is 2.32. The Labute approximate surface area is 146 Å². The van der Waals surface area contributed by atoms with Crippen molar-refractivity contribution < 1.29 is 27.8 Å². The summed E-state index contributed by atoms with van der Waals surface area (Å²) in [5.74, 6) is -1.48. The first-order chi connectivity index (χ1) is 12.3. The first kappa shape index (κ1) is 17.5. The largest absolute Gasteiger partial charge is 0.573 e. The number of benzene rings is 2. The molecule has 2 aromatic carbocycles. The van der Waals surface area contributed by atoms with Crippen molar-refractivity contribution in [2.75, 3.05) is 0 Å². The minimum absolute atomic E-state index is 0.00415. The van der Waals surface area contributed by atoms with Gasteiger partial charge in [-0.1, -0.05) is 36.4 Å². The molecular formula is C19H12F3NO3. The van der Waals surface area contributed by atoms with E-state index in [0.29, 0.717) is 11.1 Å². The molecule has 0 bridgehead atoms. The van der Waals surface area contributed by atoms with Gasteiger partial charge in [0.25, 0.3) is 0 Å². The number of aromatic nitrogens is 1. The van der Waals surface area contributed by atoms with Gasteiger partial charge in [-0.25, -0.2) is 4.79 Å². The number of pyridine rings is 1. The molecule has 4 nitrogen and oxygen atoms in total. The Morgan fingerprint density at radius 2 is 1.69 bits per heavy atom. The van der Waals surface area contributed by atoms with Crippen LogP contribution in [0.1, 0.15) is 10.4 Å². The smallest absolute Gasteiger partial charge is 0.478 e. The molecule has 0 aliphatic rings. The third kappa shape index (κ3) is 3.83. The van der Waals surface area contributed by atoms with Crippen molar-refractivity contribution in [1.29, 1.82) is 0 Å². The van der Waals surface area contributed by atoms with Gasteiger partial charge in [0.2, 0.25) is 0 Å². The van der Waals surface area contributed by atoms with E-state index in [-0.39, 0.29) is 22.6 Å². The summed E-state index contributed by atoms with van der Waals surface area (Å²) in [5, 5.41) is 9.30. The van der Waals surface area contributed by atoms with E-state index in [2.05, 4.69) is 9.72 Å². The van der Waals surface area contributed by atoms with Crippen molar-refractivity contribution in [2.24, 2.45) is 0 Å². The molecular weight excluding hydrogens is 347 g/mol. The van der Waals surface area contributed by atoms with E-state index >= 15 is 0 Å². The minimum Gasteiger partial charge on any atom is -0.478 e. The molecule has 0 aliphatic heterocycles. The summed E-state index contributed by atoms with van der Waals surface area (Å²) in [6.07, 6.45) is -3.36. The van der Waals surface area contributed by atoms with Gasteiger partial charge in [-0.2, -0.15) is 0 Å². The van der Waals surface area contributed by atoms with E-state index in [9.17, 15) is 23.1 Å². The summed E-state index contributed by atoms with van der Waals surface area (Å²) in [7, 11) is 0. The van der Waals surface area contributed by atoms with Crippen LogP contribution < -0.4 is 4.74 Å². The zero-order valence-corrected chi connectivity index (χ0v) is 13.2. The lowest BCUT2D eigenvalue weighted by Crippen LogP contribution is -2.17. The van der Waals surface area contributed by atoms with E-state index in [1.807, 2.05) is 0 Å². The van der Waals surface area contributed by atoms with Crippen molar-refractivity contribution in [2.45, 2.75) is 6.36 Å². The predicted molar refractivity (Wildman–Crippen MR) is 88.8 cm³/mol. The Hall–Kier alpha value is -3.35. The maximum Gasteiger partial charge on any atom is 0.573 e. The van der Waals surface area contributed by atoms with Gasteiger partial charge >= 0.3 is 12.3 Å². The Morgan fingerprint density at radius 3 is 2.42 bits per heavy atom. The quantitative estimate of drug-likeness (QED) is 0.711. The van der Waals surface area contributed by atoms with Gasteiger partial charge in [0.15, 0.2) is 0 Å². The van der Waals surface area contributed by atoms with Gasteiger partial charge < -0.3 is 9.84 Å². The molecule has 1 N–H and O–H groups in total. The zero-order valence-electron chi connectivity index (χ0n) is 13.2. The molecule has 3 aromatic rings. The maximum absolute atomic E-state index is 12.6. The second-order valence-electron chi connectivity index (χ2n) is 5.33. The maximum atomic E-state index is 12.6. The van der Waals surface area contributed by atoms with Gasteiger partial charge in [0.05, 0.1) is 11.3 Å². The van der Waals surface area contributed by atoms with Crippen LogP contribution in [0.2, 0.25) is 0 Å². The average Bonchev–Trinajstić information content (AvgIpc) is 2.61. The number of halogens is 3. The first-order valence-corrected chi connectivity index (χ1v) is 7.49. The van der Waals surface area contributed by atoms with E-state index in [0.717, 1.165) is 0 Å². The van der Waals surface area contributed by atoms with E-state index < -0.39 is 12.3 Å². The van der Waals surface area contributed by atoms with Gasteiger partial charge in [-0.3, -0.25) is 4.98 Å². The summed E-state index contributed by atoms with van der Waals surface area (Å²) < 4.78 is 42.0. The second-order valence-corrected chi connectivity index (χ2v) is 5.33. The van der Waals surface area contributed by atoms with Crippen molar-refractivity contribution in [3.63, 3.8) is 0 Å². The van der Waals surface area contributed by atoms with Gasteiger partial charge in [-0.15, -0.1) is 13.2 Å². The molecule has 0 aliphatic carbocycles. The molecule has 3 rings (SSSR count). The number of hydrogen-bond acceptors (Lipinski definition) is 3. The molecule has 0 radical (unpaired) electrons. The summed E-state index contributed by atoms with van der Waals surface area (Å²) >= 11 is 0. The van der Waals surface area contributed by atoms with Gasteiger partial charge in [-0.05, 0) is 29.8 Å². The highest BCUT2D eigenvalue weighted by atomic mass is 19.4. The molecule has 132 valence electrons. The summed E-state index contributed by atoms with van der Waals surface area (Å²) in [6, 6.07) is 15.1. The number of para-hydroxylation sites is 1. The van der Waals surface area contributed by atoms with Crippen LogP contribution in [0.3, 0.4) is 0 Å². The predicted octanol–water partition coefficient (Wildman–Crippen LogP) is 5.01. The molecule has 0 fully saturated rings. The second kappa shape index (κ2) is 6.87. The molecule has 0 amide bonds. The average molecular weight is 359 g/mol. The van der Waals surface area contributed by atoms with Gasteiger partial charge in [0, 0.05) is 17.3 Å². The topological polar surface area (TPSA) is 59.4 Å². The molecule has 0 atom stereocenters. The third-order valence-corrected chi connectivity index (χ3v) is 3.60. The van der Waals surface area contributed by atoms with Crippen LogP contribution in [0.25, 0.3) is 22.4 Å². The highest BCUT2D eigenvalue weighted by molar-refractivity contribution is 5.95. The molecule has 1 aromatic heterocycles. The number of alkyl halides is 3. The van der Waals surface area contributed by atoms with Crippen LogP contribution >= 0.6 is 0 Å². The summed E-state index contributed by atoms with van der Waals surface area (Å²) in [5.41, 5.74) is 1.40. The van der Waals surface area contributed by atoms with Crippen LogP contribution in [0, 0.1) is 0 Å². The Kier molecular flexibility index (Phi) is 4.62. The number of carboxylic acid groups (broad SMARTS) is 1. The number of carbonyl (C=O) groups is 1. The SMILES string of the molecule is O=C(O)c1cccnc1-c1cccc(-c2ccccc2OC(F)(F)F)c1. The van der Waals surface area contributed by atoms with Crippen LogP contribution in [0.4, 0.5) is 13.2 Å². The van der Waals surface area contributed by atoms with Crippen molar-refractivity contribution in [3.8, 4) is 28.1 Å². The highest BCUT2D eigenvalue weighted by Crippen LogP contribution is 2.35. The first-order valence-electron chi connectivity index (χ1n) is 7.49. The molecule has 0 saturated carbocycles. The molecule has 0 spiro atoms. The fourth-order valence-electron chi connectivity index (χ4n) is 2.56. The van der Waals surface area contributed by atoms with E-state index in [1.54, 1.807) is 30.3 Å². The van der Waals surface area contributed by atoms with Crippen LogP contribution in [-0.2, 0) is 0 Å². The Bertz CT molecular complexity index is 955. The lowest BCUT2D eigenvalue weighted by molar-refractivity contribution is -0.274. The Balaban J connectivity index is 2.09. The normalized spacial score (nSPS) is 11.2.